The molecule has 0 amide bonds. The average molecular weight is 224 g/mol. The maximum atomic E-state index is 6.03. The van der Waals surface area contributed by atoms with Crippen LogP contribution >= 0.6 is 0 Å². The van der Waals surface area contributed by atoms with Crippen LogP contribution in [0.3, 0.4) is 0 Å². The largest absolute Gasteiger partial charge is 0.330 e. The number of hydrogen-bond acceptors (Lipinski definition) is 2. The highest BCUT2D eigenvalue weighted by molar-refractivity contribution is 4.89. The van der Waals surface area contributed by atoms with Gasteiger partial charge in [0.1, 0.15) is 0 Å². The van der Waals surface area contributed by atoms with Crippen LogP contribution in [0.2, 0.25) is 0 Å². The van der Waals surface area contributed by atoms with Gasteiger partial charge in [0.2, 0.25) is 0 Å². The van der Waals surface area contributed by atoms with Crippen LogP contribution in [0.25, 0.3) is 0 Å². The van der Waals surface area contributed by atoms with Crippen molar-refractivity contribution in [3.05, 3.63) is 0 Å². The lowest BCUT2D eigenvalue weighted by Gasteiger charge is -2.34. The van der Waals surface area contributed by atoms with Gasteiger partial charge in [0.15, 0.2) is 0 Å². The quantitative estimate of drug-likeness (QED) is 0.798. The fourth-order valence-electron chi connectivity index (χ4n) is 3.51. The van der Waals surface area contributed by atoms with Gasteiger partial charge < -0.3 is 10.6 Å². The summed E-state index contributed by atoms with van der Waals surface area (Å²) in [7, 11) is 0. The van der Waals surface area contributed by atoms with Crippen LogP contribution in [0.5, 0.6) is 0 Å². The van der Waals surface area contributed by atoms with Crippen molar-refractivity contribution >= 4 is 0 Å². The molecule has 0 aromatic rings. The van der Waals surface area contributed by atoms with E-state index in [1.165, 1.54) is 64.6 Å². The van der Waals surface area contributed by atoms with Crippen LogP contribution in [0.15, 0.2) is 0 Å². The van der Waals surface area contributed by atoms with E-state index in [-0.39, 0.29) is 0 Å². The predicted molar refractivity (Wildman–Crippen MR) is 69.4 cm³/mol. The first-order chi connectivity index (χ1) is 7.74. The van der Waals surface area contributed by atoms with E-state index < -0.39 is 0 Å². The van der Waals surface area contributed by atoms with Gasteiger partial charge in [-0.1, -0.05) is 19.8 Å². The monoisotopic (exact) mass is 224 g/mol. The summed E-state index contributed by atoms with van der Waals surface area (Å²) < 4.78 is 0. The molecular weight excluding hydrogens is 196 g/mol. The lowest BCUT2D eigenvalue weighted by atomic mass is 9.85. The van der Waals surface area contributed by atoms with Crippen molar-refractivity contribution in [1.29, 1.82) is 0 Å². The SMILES string of the molecule is CC1CCCN(CC2(CN)CCCC2)CC1. The Hall–Kier alpha value is -0.0800. The third kappa shape index (κ3) is 2.98. The molecule has 1 saturated carbocycles. The Balaban J connectivity index is 1.87. The second-order valence-electron chi connectivity index (χ2n) is 6.22. The zero-order valence-corrected chi connectivity index (χ0v) is 10.9. The summed E-state index contributed by atoms with van der Waals surface area (Å²) in [5.41, 5.74) is 6.51. The van der Waals surface area contributed by atoms with Crippen molar-refractivity contribution in [2.75, 3.05) is 26.2 Å². The van der Waals surface area contributed by atoms with Crippen LogP contribution in [-0.2, 0) is 0 Å². The highest BCUT2D eigenvalue weighted by Gasteiger charge is 2.34. The van der Waals surface area contributed by atoms with Gasteiger partial charge in [-0.2, -0.15) is 0 Å². The van der Waals surface area contributed by atoms with Gasteiger partial charge in [0.25, 0.3) is 0 Å². The number of nitrogens with two attached hydrogens (primary N) is 1. The summed E-state index contributed by atoms with van der Waals surface area (Å²) in [6.45, 7) is 7.20. The fraction of sp³-hybridized carbons (Fsp3) is 1.00. The van der Waals surface area contributed by atoms with E-state index in [2.05, 4.69) is 11.8 Å². The lowest BCUT2D eigenvalue weighted by Crippen LogP contribution is -2.41. The molecule has 1 heterocycles. The molecule has 2 N–H and O–H groups in total. The Labute approximate surface area is 101 Å². The van der Waals surface area contributed by atoms with Crippen molar-refractivity contribution in [2.45, 2.75) is 51.9 Å². The maximum absolute atomic E-state index is 6.03. The maximum Gasteiger partial charge on any atom is 0.00501 e. The first kappa shape index (κ1) is 12.4. The topological polar surface area (TPSA) is 29.3 Å². The first-order valence-electron chi connectivity index (χ1n) is 7.16. The number of nitrogens with zero attached hydrogens (tertiary/aromatic N) is 1. The summed E-state index contributed by atoms with van der Waals surface area (Å²) >= 11 is 0. The van der Waals surface area contributed by atoms with Crippen LogP contribution < -0.4 is 5.73 Å². The molecule has 1 atom stereocenters. The van der Waals surface area contributed by atoms with Crippen molar-refractivity contribution < 1.29 is 0 Å². The molecule has 94 valence electrons. The van der Waals surface area contributed by atoms with Gasteiger partial charge in [0, 0.05) is 6.54 Å². The molecule has 1 aliphatic carbocycles. The smallest absolute Gasteiger partial charge is 0.00501 e. The van der Waals surface area contributed by atoms with Gasteiger partial charge in [0.05, 0.1) is 0 Å². The molecule has 2 aliphatic rings. The van der Waals surface area contributed by atoms with E-state index >= 15 is 0 Å². The Morgan fingerprint density at radius 1 is 1.12 bits per heavy atom. The Bertz CT molecular complexity index is 209. The van der Waals surface area contributed by atoms with Crippen molar-refractivity contribution in [3.63, 3.8) is 0 Å². The molecule has 2 rings (SSSR count). The molecule has 0 aromatic carbocycles. The van der Waals surface area contributed by atoms with E-state index in [1.807, 2.05) is 0 Å². The molecule has 16 heavy (non-hydrogen) atoms. The third-order valence-corrected chi connectivity index (χ3v) is 4.77. The molecule has 2 fully saturated rings. The lowest BCUT2D eigenvalue weighted by molar-refractivity contribution is 0.161. The standard InChI is InChI=1S/C14H28N2/c1-13-5-4-9-16(10-6-13)12-14(11-15)7-2-3-8-14/h13H,2-12,15H2,1H3. The summed E-state index contributed by atoms with van der Waals surface area (Å²) in [6, 6.07) is 0. The van der Waals surface area contributed by atoms with Crippen molar-refractivity contribution in [2.24, 2.45) is 17.1 Å². The molecule has 1 aliphatic heterocycles. The van der Waals surface area contributed by atoms with Crippen LogP contribution in [0, 0.1) is 11.3 Å². The first-order valence-corrected chi connectivity index (χ1v) is 7.16. The van der Waals surface area contributed by atoms with Crippen LogP contribution in [-0.4, -0.2) is 31.1 Å². The van der Waals surface area contributed by atoms with E-state index in [4.69, 9.17) is 5.73 Å². The fourth-order valence-corrected chi connectivity index (χ4v) is 3.51. The average Bonchev–Trinajstić information content (AvgIpc) is 2.66. The van der Waals surface area contributed by atoms with Crippen LogP contribution in [0.1, 0.15) is 51.9 Å². The van der Waals surface area contributed by atoms with Gasteiger partial charge in [-0.05, 0) is 63.1 Å². The molecule has 1 unspecified atom stereocenters. The summed E-state index contributed by atoms with van der Waals surface area (Å²) in [6.07, 6.45) is 9.75. The number of likely N-dealkylation sites (tertiary alicyclic amines) is 1. The van der Waals surface area contributed by atoms with Gasteiger partial charge >= 0.3 is 0 Å². The van der Waals surface area contributed by atoms with Crippen molar-refractivity contribution in [3.8, 4) is 0 Å². The molecule has 0 aromatic heterocycles. The van der Waals surface area contributed by atoms with E-state index in [0.29, 0.717) is 5.41 Å². The minimum absolute atomic E-state index is 0.480. The Morgan fingerprint density at radius 2 is 1.88 bits per heavy atom. The highest BCUT2D eigenvalue weighted by atomic mass is 15.1. The number of rotatable bonds is 3. The molecule has 1 saturated heterocycles. The molecule has 2 heteroatoms. The van der Waals surface area contributed by atoms with Gasteiger partial charge in [-0.25, -0.2) is 0 Å². The second-order valence-corrected chi connectivity index (χ2v) is 6.22. The zero-order valence-electron chi connectivity index (χ0n) is 10.9. The Morgan fingerprint density at radius 3 is 2.56 bits per heavy atom. The predicted octanol–water partition coefficient (Wildman–Crippen LogP) is 2.63. The van der Waals surface area contributed by atoms with Gasteiger partial charge in [-0.15, -0.1) is 0 Å². The number of hydrogen-bond donors (Lipinski definition) is 1. The highest BCUT2D eigenvalue weighted by Crippen LogP contribution is 2.38. The van der Waals surface area contributed by atoms with E-state index in [9.17, 15) is 0 Å². The molecular formula is C14H28N2. The Kier molecular flexibility index (Phi) is 4.26. The van der Waals surface area contributed by atoms with Gasteiger partial charge in [-0.3, -0.25) is 0 Å². The molecule has 0 radical (unpaired) electrons. The van der Waals surface area contributed by atoms with E-state index in [1.54, 1.807) is 0 Å². The minimum Gasteiger partial charge on any atom is -0.330 e. The molecule has 2 nitrogen and oxygen atoms in total. The molecule has 0 spiro atoms. The zero-order chi connectivity index (χ0) is 11.4. The summed E-state index contributed by atoms with van der Waals surface area (Å²) in [4.78, 5) is 2.70. The summed E-state index contributed by atoms with van der Waals surface area (Å²) in [5, 5.41) is 0. The minimum atomic E-state index is 0.480. The van der Waals surface area contributed by atoms with Crippen molar-refractivity contribution in [1.82, 2.24) is 4.90 Å². The van der Waals surface area contributed by atoms with Crippen LogP contribution in [0.4, 0.5) is 0 Å². The van der Waals surface area contributed by atoms with E-state index in [0.717, 1.165) is 12.5 Å². The second kappa shape index (κ2) is 5.50. The third-order valence-electron chi connectivity index (χ3n) is 4.77. The normalized spacial score (nSPS) is 31.5. The molecule has 0 bridgehead atoms. The summed E-state index contributed by atoms with van der Waals surface area (Å²) in [5.74, 6) is 0.933.